The number of benzene rings is 1. The molecule has 1 N–H and O–H groups in total. The van der Waals surface area contributed by atoms with E-state index in [9.17, 15) is 0 Å². The van der Waals surface area contributed by atoms with Crippen LogP contribution in [0.3, 0.4) is 0 Å². The molecule has 0 aliphatic carbocycles. The zero-order valence-electron chi connectivity index (χ0n) is 11.5. The van der Waals surface area contributed by atoms with Gasteiger partial charge in [-0.15, -0.1) is 0 Å². The Morgan fingerprint density at radius 3 is 2.95 bits per heavy atom. The standard InChI is InChI=1S/C16H13N3S2/c1-10-8-21-9-11(10)7-19-15-12-4-2-3-5-13(12)17-6-14(15)18-16(19)20/h2-6,8-9H,7H2,1H3,(H,18,20). The second-order valence-electron chi connectivity index (χ2n) is 5.13. The summed E-state index contributed by atoms with van der Waals surface area (Å²) in [5.74, 6) is 0. The average molecular weight is 311 g/mol. The molecule has 3 aromatic heterocycles. The van der Waals surface area contributed by atoms with Crippen LogP contribution in [0.4, 0.5) is 0 Å². The van der Waals surface area contributed by atoms with E-state index in [2.05, 4.69) is 38.3 Å². The number of pyridine rings is 1. The molecule has 0 fully saturated rings. The first-order valence-electron chi connectivity index (χ1n) is 6.72. The quantitative estimate of drug-likeness (QED) is 0.546. The topological polar surface area (TPSA) is 33.6 Å². The van der Waals surface area contributed by atoms with E-state index in [1.165, 1.54) is 11.1 Å². The highest BCUT2D eigenvalue weighted by molar-refractivity contribution is 7.71. The number of aromatic nitrogens is 3. The molecule has 0 aliphatic rings. The molecule has 5 heteroatoms. The molecule has 0 bridgehead atoms. The lowest BCUT2D eigenvalue weighted by Crippen LogP contribution is -2.00. The summed E-state index contributed by atoms with van der Waals surface area (Å²) in [5.41, 5.74) is 5.75. The smallest absolute Gasteiger partial charge is 0.178 e. The van der Waals surface area contributed by atoms with E-state index in [-0.39, 0.29) is 0 Å². The fourth-order valence-corrected chi connectivity index (χ4v) is 3.78. The molecule has 104 valence electrons. The van der Waals surface area contributed by atoms with Gasteiger partial charge in [0.15, 0.2) is 4.77 Å². The number of thiophene rings is 1. The van der Waals surface area contributed by atoms with Crippen LogP contribution < -0.4 is 0 Å². The largest absolute Gasteiger partial charge is 0.329 e. The molecule has 0 radical (unpaired) electrons. The Bertz CT molecular complexity index is 1010. The van der Waals surface area contributed by atoms with Crippen LogP contribution in [0.15, 0.2) is 41.2 Å². The van der Waals surface area contributed by atoms with Crippen molar-refractivity contribution in [2.24, 2.45) is 0 Å². The van der Waals surface area contributed by atoms with Crippen LogP contribution in [0.2, 0.25) is 0 Å². The normalized spacial score (nSPS) is 11.5. The summed E-state index contributed by atoms with van der Waals surface area (Å²) >= 11 is 7.25. The van der Waals surface area contributed by atoms with Crippen molar-refractivity contribution in [2.45, 2.75) is 13.5 Å². The molecule has 0 spiro atoms. The molecule has 3 nitrogen and oxygen atoms in total. The number of nitrogens with one attached hydrogen (secondary N) is 1. The predicted molar refractivity (Wildman–Crippen MR) is 90.6 cm³/mol. The van der Waals surface area contributed by atoms with Gasteiger partial charge in [0.05, 0.1) is 29.3 Å². The zero-order chi connectivity index (χ0) is 14.4. The molecule has 3 heterocycles. The molecule has 0 unspecified atom stereocenters. The van der Waals surface area contributed by atoms with Crippen LogP contribution in [0.1, 0.15) is 11.1 Å². The summed E-state index contributed by atoms with van der Waals surface area (Å²) in [6.07, 6.45) is 1.87. The summed E-state index contributed by atoms with van der Waals surface area (Å²) in [6, 6.07) is 8.19. The number of hydrogen-bond donors (Lipinski definition) is 1. The lowest BCUT2D eigenvalue weighted by atomic mass is 10.2. The summed E-state index contributed by atoms with van der Waals surface area (Å²) < 4.78 is 2.91. The number of H-pyrrole nitrogens is 1. The van der Waals surface area contributed by atoms with E-state index < -0.39 is 0 Å². The Balaban J connectivity index is 2.03. The second-order valence-corrected chi connectivity index (χ2v) is 6.26. The van der Waals surface area contributed by atoms with E-state index >= 15 is 0 Å². The van der Waals surface area contributed by atoms with E-state index in [0.29, 0.717) is 0 Å². The van der Waals surface area contributed by atoms with Crippen LogP contribution in [-0.4, -0.2) is 14.5 Å². The number of aryl methyl sites for hydroxylation is 1. The number of fused-ring (bicyclic) bond motifs is 3. The Morgan fingerprint density at radius 2 is 2.14 bits per heavy atom. The van der Waals surface area contributed by atoms with E-state index in [4.69, 9.17) is 12.2 Å². The minimum atomic E-state index is 0.744. The number of aromatic amines is 1. The molecule has 0 aliphatic heterocycles. The van der Waals surface area contributed by atoms with E-state index in [0.717, 1.165) is 33.3 Å². The lowest BCUT2D eigenvalue weighted by Gasteiger charge is -2.06. The van der Waals surface area contributed by atoms with Gasteiger partial charge in [0, 0.05) is 5.39 Å². The fourth-order valence-electron chi connectivity index (χ4n) is 2.66. The molecular formula is C16H13N3S2. The minimum Gasteiger partial charge on any atom is -0.329 e. The third-order valence-electron chi connectivity index (χ3n) is 3.79. The summed E-state index contributed by atoms with van der Waals surface area (Å²) in [7, 11) is 0. The fraction of sp³-hybridized carbons (Fsp3) is 0.125. The van der Waals surface area contributed by atoms with Gasteiger partial charge < -0.3 is 9.55 Å². The molecule has 4 rings (SSSR count). The minimum absolute atomic E-state index is 0.744. The first-order valence-corrected chi connectivity index (χ1v) is 8.07. The van der Waals surface area contributed by atoms with E-state index in [1.807, 2.05) is 24.4 Å². The second kappa shape index (κ2) is 4.79. The van der Waals surface area contributed by atoms with Gasteiger partial charge in [0.25, 0.3) is 0 Å². The number of nitrogens with zero attached hydrogens (tertiary/aromatic N) is 2. The summed E-state index contributed by atoms with van der Waals surface area (Å²) in [5, 5.41) is 5.50. The predicted octanol–water partition coefficient (Wildman–Crippen LogP) is 4.67. The van der Waals surface area contributed by atoms with Gasteiger partial charge in [-0.25, -0.2) is 0 Å². The van der Waals surface area contributed by atoms with Crippen LogP contribution in [0.5, 0.6) is 0 Å². The molecule has 1 aromatic carbocycles. The van der Waals surface area contributed by atoms with Crippen molar-refractivity contribution in [1.29, 1.82) is 0 Å². The molecule has 0 saturated carbocycles. The van der Waals surface area contributed by atoms with Gasteiger partial charge >= 0.3 is 0 Å². The van der Waals surface area contributed by atoms with Crippen LogP contribution >= 0.6 is 23.6 Å². The Morgan fingerprint density at radius 1 is 1.29 bits per heavy atom. The van der Waals surface area contributed by atoms with Crippen molar-refractivity contribution >= 4 is 45.5 Å². The van der Waals surface area contributed by atoms with Crippen molar-refractivity contribution in [2.75, 3.05) is 0 Å². The molecule has 21 heavy (non-hydrogen) atoms. The number of imidazole rings is 1. The van der Waals surface area contributed by atoms with Crippen LogP contribution in [0.25, 0.3) is 21.9 Å². The highest BCUT2D eigenvalue weighted by atomic mass is 32.1. The average Bonchev–Trinajstić information content (AvgIpc) is 3.04. The number of rotatable bonds is 2. The van der Waals surface area contributed by atoms with Crippen molar-refractivity contribution in [1.82, 2.24) is 14.5 Å². The first kappa shape index (κ1) is 12.7. The third kappa shape index (κ3) is 2.01. The van der Waals surface area contributed by atoms with Crippen molar-refractivity contribution in [3.63, 3.8) is 0 Å². The monoisotopic (exact) mass is 311 g/mol. The SMILES string of the molecule is Cc1cscc1Cn1c(=S)[nH]c2cnc3ccccc3c21. The number of hydrogen-bond acceptors (Lipinski definition) is 3. The maximum atomic E-state index is 5.52. The van der Waals surface area contributed by atoms with Crippen LogP contribution in [0, 0.1) is 11.7 Å². The van der Waals surface area contributed by atoms with Crippen molar-refractivity contribution in [3.8, 4) is 0 Å². The van der Waals surface area contributed by atoms with Gasteiger partial charge in [-0.3, -0.25) is 4.98 Å². The van der Waals surface area contributed by atoms with Gasteiger partial charge in [-0.2, -0.15) is 11.3 Å². The Labute approximate surface area is 130 Å². The Hall–Kier alpha value is -1.98. The van der Waals surface area contributed by atoms with Gasteiger partial charge in [0.2, 0.25) is 0 Å². The zero-order valence-corrected chi connectivity index (χ0v) is 13.1. The highest BCUT2D eigenvalue weighted by Gasteiger charge is 2.11. The van der Waals surface area contributed by atoms with Crippen LogP contribution in [-0.2, 0) is 6.54 Å². The van der Waals surface area contributed by atoms with Gasteiger partial charge in [0.1, 0.15) is 0 Å². The molecule has 4 aromatic rings. The van der Waals surface area contributed by atoms with Crippen molar-refractivity contribution in [3.05, 3.63) is 57.1 Å². The maximum absolute atomic E-state index is 5.52. The van der Waals surface area contributed by atoms with Gasteiger partial charge in [-0.1, -0.05) is 18.2 Å². The van der Waals surface area contributed by atoms with E-state index in [1.54, 1.807) is 11.3 Å². The molecule has 0 saturated heterocycles. The maximum Gasteiger partial charge on any atom is 0.178 e. The summed E-state index contributed by atoms with van der Waals surface area (Å²) in [4.78, 5) is 7.76. The molecule has 0 amide bonds. The number of para-hydroxylation sites is 1. The Kier molecular flexibility index (Phi) is 2.90. The molecule has 0 atom stereocenters. The van der Waals surface area contributed by atoms with Crippen molar-refractivity contribution < 1.29 is 0 Å². The van der Waals surface area contributed by atoms with Gasteiger partial charge in [-0.05, 0) is 47.1 Å². The lowest BCUT2D eigenvalue weighted by molar-refractivity contribution is 0.811. The molecular weight excluding hydrogens is 298 g/mol. The highest BCUT2D eigenvalue weighted by Crippen LogP contribution is 2.25. The first-order chi connectivity index (χ1) is 10.2. The summed E-state index contributed by atoms with van der Waals surface area (Å²) in [6.45, 7) is 2.94. The third-order valence-corrected chi connectivity index (χ3v) is 5.03.